The Hall–Kier alpha value is -1.03. The average Bonchev–Trinajstić information content (AvgIpc) is 2.34. The van der Waals surface area contributed by atoms with Gasteiger partial charge in [-0.1, -0.05) is 12.2 Å². The second-order valence-electron chi connectivity index (χ2n) is 4.26. The number of ether oxygens (including phenoxy) is 1. The van der Waals surface area contributed by atoms with Gasteiger partial charge < -0.3 is 16.2 Å². The summed E-state index contributed by atoms with van der Waals surface area (Å²) in [7, 11) is 0. The van der Waals surface area contributed by atoms with Crippen molar-refractivity contribution in [2.75, 3.05) is 0 Å². The maximum absolute atomic E-state index is 11.2. The van der Waals surface area contributed by atoms with E-state index in [0.717, 1.165) is 12.8 Å². The number of alkyl carbamates (subject to hydrolysis) is 1. The van der Waals surface area contributed by atoms with E-state index in [9.17, 15) is 4.79 Å². The van der Waals surface area contributed by atoms with Crippen molar-refractivity contribution < 1.29 is 9.53 Å². The summed E-state index contributed by atoms with van der Waals surface area (Å²) in [6, 6.07) is 0.162. The van der Waals surface area contributed by atoms with Crippen LogP contribution in [-0.2, 0) is 4.74 Å². The topological polar surface area (TPSA) is 73.3 Å². The van der Waals surface area contributed by atoms with E-state index in [1.807, 2.05) is 26.8 Å². The molecule has 4 N–H and O–H groups in total. The lowest BCUT2D eigenvalue weighted by atomic mass is 10.2. The molecule has 1 unspecified atom stereocenters. The number of nitrogens with one attached hydrogen (secondary N) is 1. The first-order valence-electron chi connectivity index (χ1n) is 4.63. The van der Waals surface area contributed by atoms with Crippen LogP contribution in [0.15, 0.2) is 12.2 Å². The molecular formula is C10H20N2O2. The van der Waals surface area contributed by atoms with Gasteiger partial charge in [0.05, 0.1) is 6.04 Å². The summed E-state index contributed by atoms with van der Waals surface area (Å²) >= 11 is 0. The van der Waals surface area contributed by atoms with E-state index in [0.29, 0.717) is 0 Å². The van der Waals surface area contributed by atoms with Gasteiger partial charge in [-0.3, -0.25) is 0 Å². The van der Waals surface area contributed by atoms with Crippen molar-refractivity contribution in [3.05, 3.63) is 12.2 Å². The molecule has 1 amide bonds. The van der Waals surface area contributed by atoms with Gasteiger partial charge in [0, 0.05) is 0 Å². The van der Waals surface area contributed by atoms with Crippen LogP contribution in [0.3, 0.4) is 0 Å². The Morgan fingerprint density at radius 2 is 2.14 bits per heavy atom. The van der Waals surface area contributed by atoms with E-state index < -0.39 is 5.60 Å². The molecule has 0 fully saturated rings. The predicted molar refractivity (Wildman–Crippen MR) is 56.6 cm³/mol. The molecule has 0 aromatic rings. The van der Waals surface area contributed by atoms with Crippen LogP contribution >= 0.6 is 0 Å². The van der Waals surface area contributed by atoms with Crippen molar-refractivity contribution in [3.8, 4) is 0 Å². The van der Waals surface area contributed by atoms with Gasteiger partial charge in [0.25, 0.3) is 0 Å². The summed E-state index contributed by atoms with van der Waals surface area (Å²) in [5.41, 5.74) is -0.410. The smallest absolute Gasteiger partial charge is 0.408 e. The van der Waals surface area contributed by atoms with Gasteiger partial charge in [0.1, 0.15) is 5.60 Å². The first-order valence-corrected chi connectivity index (χ1v) is 4.63. The fraction of sp³-hybridized carbons (Fsp3) is 0.700. The molecule has 0 aliphatic heterocycles. The molecule has 1 rings (SSSR count). The monoisotopic (exact) mass is 200 g/mol. The van der Waals surface area contributed by atoms with Gasteiger partial charge in [-0.15, -0.1) is 0 Å². The predicted octanol–water partition coefficient (Wildman–Crippen LogP) is 2.39. The number of allylic oxidation sites excluding steroid dienone is 1. The quantitative estimate of drug-likeness (QED) is 0.638. The summed E-state index contributed by atoms with van der Waals surface area (Å²) < 4.78 is 5.12. The molecule has 0 radical (unpaired) electrons. The second kappa shape index (κ2) is 5.00. The zero-order chi connectivity index (χ0) is 9.90. The molecule has 4 nitrogen and oxygen atoms in total. The van der Waals surface area contributed by atoms with Gasteiger partial charge in [0.15, 0.2) is 0 Å². The second-order valence-corrected chi connectivity index (χ2v) is 4.26. The highest BCUT2D eigenvalue weighted by atomic mass is 16.6. The Bertz CT molecular complexity index is 219. The Morgan fingerprint density at radius 1 is 1.50 bits per heavy atom. The SMILES string of the molecule is CC(C)(C)OC(=O)NC1C=CCC1.N. The molecule has 0 aromatic carbocycles. The summed E-state index contributed by atoms with van der Waals surface area (Å²) in [5.74, 6) is 0. The van der Waals surface area contributed by atoms with E-state index in [-0.39, 0.29) is 18.3 Å². The minimum absolute atomic E-state index is 0. The zero-order valence-electron chi connectivity index (χ0n) is 9.17. The molecule has 0 saturated heterocycles. The van der Waals surface area contributed by atoms with E-state index in [1.165, 1.54) is 0 Å². The van der Waals surface area contributed by atoms with Crippen molar-refractivity contribution in [1.29, 1.82) is 0 Å². The summed E-state index contributed by atoms with van der Waals surface area (Å²) in [5, 5.41) is 2.79. The Morgan fingerprint density at radius 3 is 2.57 bits per heavy atom. The number of carbonyl (C=O) groups is 1. The normalized spacial score (nSPS) is 20.1. The number of amides is 1. The molecule has 0 spiro atoms. The fourth-order valence-corrected chi connectivity index (χ4v) is 1.21. The number of hydrogen-bond donors (Lipinski definition) is 2. The number of hydrogen-bond acceptors (Lipinski definition) is 3. The summed E-state index contributed by atoms with van der Waals surface area (Å²) in [6.45, 7) is 5.57. The highest BCUT2D eigenvalue weighted by Gasteiger charge is 2.18. The molecule has 0 saturated carbocycles. The van der Waals surface area contributed by atoms with Crippen LogP contribution in [0.5, 0.6) is 0 Å². The third-order valence-corrected chi connectivity index (χ3v) is 1.71. The van der Waals surface area contributed by atoms with Gasteiger partial charge >= 0.3 is 6.09 Å². The number of carbonyl (C=O) groups excluding carboxylic acids is 1. The summed E-state index contributed by atoms with van der Waals surface area (Å²) in [6.07, 6.45) is 5.77. The molecule has 1 atom stereocenters. The lowest BCUT2D eigenvalue weighted by Gasteiger charge is -2.21. The lowest BCUT2D eigenvalue weighted by Crippen LogP contribution is -2.37. The van der Waals surface area contributed by atoms with Crippen molar-refractivity contribution in [2.24, 2.45) is 0 Å². The van der Waals surface area contributed by atoms with Crippen LogP contribution in [0.2, 0.25) is 0 Å². The molecule has 0 aromatic heterocycles. The molecule has 82 valence electrons. The van der Waals surface area contributed by atoms with Gasteiger partial charge in [-0.25, -0.2) is 4.79 Å². The third kappa shape index (κ3) is 4.87. The lowest BCUT2D eigenvalue weighted by molar-refractivity contribution is 0.0514. The van der Waals surface area contributed by atoms with E-state index in [4.69, 9.17) is 4.74 Å². The van der Waals surface area contributed by atoms with Crippen LogP contribution in [-0.4, -0.2) is 17.7 Å². The summed E-state index contributed by atoms with van der Waals surface area (Å²) in [4.78, 5) is 11.2. The van der Waals surface area contributed by atoms with Crippen LogP contribution in [0, 0.1) is 0 Å². The van der Waals surface area contributed by atoms with Gasteiger partial charge in [-0.2, -0.15) is 0 Å². The first kappa shape index (κ1) is 13.0. The minimum atomic E-state index is -0.410. The van der Waals surface area contributed by atoms with E-state index in [2.05, 4.69) is 11.4 Å². The van der Waals surface area contributed by atoms with Crippen LogP contribution in [0.1, 0.15) is 33.6 Å². The number of rotatable bonds is 1. The van der Waals surface area contributed by atoms with Crippen molar-refractivity contribution >= 4 is 6.09 Å². The maximum atomic E-state index is 11.2. The molecule has 1 aliphatic rings. The highest BCUT2D eigenvalue weighted by molar-refractivity contribution is 5.68. The molecule has 14 heavy (non-hydrogen) atoms. The standard InChI is InChI=1S/C10H17NO2.H3N/c1-10(2,3)13-9(12)11-8-6-4-5-7-8;/h4,6,8H,5,7H2,1-3H3,(H,11,12);1H3. The van der Waals surface area contributed by atoms with Crippen molar-refractivity contribution in [1.82, 2.24) is 11.5 Å². The molecule has 0 heterocycles. The Kier molecular flexibility index (Phi) is 4.63. The molecule has 0 bridgehead atoms. The maximum Gasteiger partial charge on any atom is 0.408 e. The van der Waals surface area contributed by atoms with Crippen LogP contribution in [0.25, 0.3) is 0 Å². The zero-order valence-corrected chi connectivity index (χ0v) is 9.17. The van der Waals surface area contributed by atoms with Gasteiger partial charge in [-0.05, 0) is 33.6 Å². The van der Waals surface area contributed by atoms with Crippen LogP contribution < -0.4 is 11.5 Å². The Balaban J connectivity index is 0.00000169. The molecule has 1 aliphatic carbocycles. The Labute approximate surface area is 85.3 Å². The fourth-order valence-electron chi connectivity index (χ4n) is 1.21. The minimum Gasteiger partial charge on any atom is -0.444 e. The van der Waals surface area contributed by atoms with Crippen molar-refractivity contribution in [3.63, 3.8) is 0 Å². The largest absolute Gasteiger partial charge is 0.444 e. The molecular weight excluding hydrogens is 180 g/mol. The van der Waals surface area contributed by atoms with Crippen LogP contribution in [0.4, 0.5) is 4.79 Å². The molecule has 4 heteroatoms. The average molecular weight is 200 g/mol. The van der Waals surface area contributed by atoms with Crippen molar-refractivity contribution in [2.45, 2.75) is 45.3 Å². The van der Waals surface area contributed by atoms with E-state index >= 15 is 0 Å². The highest BCUT2D eigenvalue weighted by Crippen LogP contribution is 2.11. The van der Waals surface area contributed by atoms with Gasteiger partial charge in [0.2, 0.25) is 0 Å². The van der Waals surface area contributed by atoms with E-state index in [1.54, 1.807) is 0 Å². The third-order valence-electron chi connectivity index (χ3n) is 1.71. The first-order chi connectivity index (χ1) is 5.97.